The monoisotopic (exact) mass is 375 g/mol. The van der Waals surface area contributed by atoms with Crippen LogP contribution in [0.15, 0.2) is 30.3 Å². The standard InChI is InChI=1S/C19H19ClN2O4/c1-22-8-7-11-9-14-17(26-10-25-14)18(24-2)15(11)16(22)19(23)21-13-5-3-12(20)4-6-13/h3-6,9,16H,7-8,10H2,1-2H3,(H,21,23)/p+1/t16-/m0/s1. The first-order valence-corrected chi connectivity index (χ1v) is 8.84. The Kier molecular flexibility index (Phi) is 4.38. The zero-order chi connectivity index (χ0) is 18.3. The van der Waals surface area contributed by atoms with Crippen LogP contribution < -0.4 is 24.4 Å². The molecule has 0 saturated carbocycles. The Balaban J connectivity index is 1.73. The highest BCUT2D eigenvalue weighted by Crippen LogP contribution is 2.47. The van der Waals surface area contributed by atoms with E-state index in [1.807, 2.05) is 13.1 Å². The molecule has 2 heterocycles. The number of anilines is 1. The van der Waals surface area contributed by atoms with Crippen LogP contribution in [0.3, 0.4) is 0 Å². The molecule has 0 spiro atoms. The number of fused-ring (bicyclic) bond motifs is 2. The van der Waals surface area contributed by atoms with Crippen LogP contribution in [0.4, 0.5) is 5.69 Å². The van der Waals surface area contributed by atoms with E-state index in [0.29, 0.717) is 28.0 Å². The molecule has 0 aliphatic carbocycles. The molecule has 6 nitrogen and oxygen atoms in total. The molecule has 0 fully saturated rings. The number of carbonyl (C=O) groups excluding carboxylic acids is 1. The van der Waals surface area contributed by atoms with E-state index in [1.54, 1.807) is 31.4 Å². The Morgan fingerprint density at radius 3 is 2.81 bits per heavy atom. The van der Waals surface area contributed by atoms with E-state index < -0.39 is 6.04 Å². The van der Waals surface area contributed by atoms with Gasteiger partial charge in [-0.1, -0.05) is 11.6 Å². The topological polar surface area (TPSA) is 61.2 Å². The lowest BCUT2D eigenvalue weighted by Crippen LogP contribution is -3.11. The molecule has 136 valence electrons. The SMILES string of the molecule is COc1c2c(cc3c1[C@@H](C(=O)Nc1ccc(Cl)cc1)[NH+](C)CC3)OCO2. The fourth-order valence-electron chi connectivity index (χ4n) is 3.63. The van der Waals surface area contributed by atoms with Gasteiger partial charge in [0.15, 0.2) is 17.5 Å². The third-order valence-electron chi connectivity index (χ3n) is 4.89. The number of amides is 1. The fourth-order valence-corrected chi connectivity index (χ4v) is 3.75. The summed E-state index contributed by atoms with van der Waals surface area (Å²) in [5.41, 5.74) is 2.64. The molecule has 1 amide bonds. The zero-order valence-electron chi connectivity index (χ0n) is 14.6. The lowest BCUT2D eigenvalue weighted by Gasteiger charge is -2.32. The second-order valence-electron chi connectivity index (χ2n) is 6.49. The molecule has 4 rings (SSSR count). The van der Waals surface area contributed by atoms with Crippen molar-refractivity contribution in [3.8, 4) is 17.2 Å². The highest BCUT2D eigenvalue weighted by Gasteiger charge is 2.40. The number of hydrogen-bond acceptors (Lipinski definition) is 4. The molecule has 2 aromatic carbocycles. The summed E-state index contributed by atoms with van der Waals surface area (Å²) >= 11 is 5.92. The molecule has 0 saturated heterocycles. The number of hydrogen-bond donors (Lipinski definition) is 2. The van der Waals surface area contributed by atoms with Gasteiger partial charge in [-0.3, -0.25) is 4.79 Å². The van der Waals surface area contributed by atoms with Gasteiger partial charge in [0.1, 0.15) is 0 Å². The zero-order valence-corrected chi connectivity index (χ0v) is 15.4. The van der Waals surface area contributed by atoms with Crippen LogP contribution in [0.1, 0.15) is 17.2 Å². The van der Waals surface area contributed by atoms with Crippen molar-refractivity contribution in [2.75, 3.05) is 32.8 Å². The van der Waals surface area contributed by atoms with Gasteiger partial charge < -0.3 is 24.4 Å². The van der Waals surface area contributed by atoms with Gasteiger partial charge in [-0.25, -0.2) is 0 Å². The molecule has 2 aromatic rings. The van der Waals surface area contributed by atoms with Gasteiger partial charge >= 0.3 is 0 Å². The number of halogens is 1. The summed E-state index contributed by atoms with van der Waals surface area (Å²) in [5, 5.41) is 3.61. The van der Waals surface area contributed by atoms with E-state index in [0.717, 1.165) is 29.0 Å². The minimum atomic E-state index is -0.404. The number of nitrogens with one attached hydrogen (secondary N) is 2. The van der Waals surface area contributed by atoms with Gasteiger partial charge in [-0.15, -0.1) is 0 Å². The normalized spacial score (nSPS) is 20.4. The maximum Gasteiger partial charge on any atom is 0.287 e. The lowest BCUT2D eigenvalue weighted by molar-refractivity contribution is -0.904. The molecule has 0 aromatic heterocycles. The number of carbonyl (C=O) groups is 1. The number of ether oxygens (including phenoxy) is 3. The Morgan fingerprint density at radius 2 is 2.08 bits per heavy atom. The summed E-state index contributed by atoms with van der Waals surface area (Å²) in [6.07, 6.45) is 0.846. The van der Waals surface area contributed by atoms with Crippen LogP contribution >= 0.6 is 11.6 Å². The third-order valence-corrected chi connectivity index (χ3v) is 5.14. The Labute approximate surface area is 156 Å². The number of methoxy groups -OCH3 is 1. The average Bonchev–Trinajstić information content (AvgIpc) is 3.10. The summed E-state index contributed by atoms with van der Waals surface area (Å²) in [4.78, 5) is 14.2. The molecular formula is C19H20ClN2O4+. The molecule has 26 heavy (non-hydrogen) atoms. The summed E-state index contributed by atoms with van der Waals surface area (Å²) in [6.45, 7) is 1.01. The highest BCUT2D eigenvalue weighted by atomic mass is 35.5. The minimum Gasteiger partial charge on any atom is -0.492 e. The summed E-state index contributed by atoms with van der Waals surface area (Å²) in [6, 6.07) is 8.64. The fraction of sp³-hybridized carbons (Fsp3) is 0.316. The van der Waals surface area contributed by atoms with Crippen molar-refractivity contribution in [3.05, 3.63) is 46.5 Å². The van der Waals surface area contributed by atoms with Crippen molar-refractivity contribution < 1.29 is 23.9 Å². The summed E-state index contributed by atoms with van der Waals surface area (Å²) in [7, 11) is 3.61. The highest BCUT2D eigenvalue weighted by molar-refractivity contribution is 6.30. The van der Waals surface area contributed by atoms with Gasteiger partial charge in [0.2, 0.25) is 12.5 Å². The van der Waals surface area contributed by atoms with Gasteiger partial charge in [0.05, 0.1) is 26.3 Å². The van der Waals surface area contributed by atoms with E-state index >= 15 is 0 Å². The molecular weight excluding hydrogens is 356 g/mol. The van der Waals surface area contributed by atoms with Crippen molar-refractivity contribution in [1.82, 2.24) is 0 Å². The second-order valence-corrected chi connectivity index (χ2v) is 6.93. The maximum absolute atomic E-state index is 13.1. The molecule has 2 aliphatic rings. The Morgan fingerprint density at radius 1 is 1.31 bits per heavy atom. The average molecular weight is 376 g/mol. The predicted octanol–water partition coefficient (Wildman–Crippen LogP) is 1.83. The van der Waals surface area contributed by atoms with E-state index in [9.17, 15) is 4.79 Å². The first kappa shape index (κ1) is 17.0. The van der Waals surface area contributed by atoms with Crippen molar-refractivity contribution in [1.29, 1.82) is 0 Å². The van der Waals surface area contributed by atoms with Crippen LogP contribution in [-0.4, -0.2) is 33.4 Å². The van der Waals surface area contributed by atoms with E-state index in [-0.39, 0.29) is 12.7 Å². The largest absolute Gasteiger partial charge is 0.492 e. The minimum absolute atomic E-state index is 0.0945. The Hall–Kier alpha value is -2.44. The molecule has 0 bridgehead atoms. The van der Waals surface area contributed by atoms with Gasteiger partial charge in [0.25, 0.3) is 5.91 Å². The molecule has 1 unspecified atom stereocenters. The first-order valence-electron chi connectivity index (χ1n) is 8.46. The quantitative estimate of drug-likeness (QED) is 0.859. The van der Waals surface area contributed by atoms with Crippen LogP contribution in [0, 0.1) is 0 Å². The second kappa shape index (κ2) is 6.70. The van der Waals surface area contributed by atoms with Crippen LogP contribution in [0.5, 0.6) is 17.2 Å². The van der Waals surface area contributed by atoms with Gasteiger partial charge in [-0.2, -0.15) is 0 Å². The van der Waals surface area contributed by atoms with Crippen LogP contribution in [0.2, 0.25) is 5.02 Å². The van der Waals surface area contributed by atoms with Crippen molar-refractivity contribution in [2.24, 2.45) is 0 Å². The van der Waals surface area contributed by atoms with E-state index in [2.05, 4.69) is 5.32 Å². The molecule has 0 radical (unpaired) electrons. The molecule has 2 aliphatic heterocycles. The summed E-state index contributed by atoms with van der Waals surface area (Å²) < 4.78 is 16.7. The third kappa shape index (κ3) is 2.85. The van der Waals surface area contributed by atoms with E-state index in [1.165, 1.54) is 0 Å². The number of rotatable bonds is 3. The van der Waals surface area contributed by atoms with Gasteiger partial charge in [-0.05, 0) is 35.9 Å². The first-order chi connectivity index (χ1) is 12.6. The molecule has 7 heteroatoms. The predicted molar refractivity (Wildman–Crippen MR) is 97.4 cm³/mol. The van der Waals surface area contributed by atoms with Crippen molar-refractivity contribution in [3.63, 3.8) is 0 Å². The number of benzene rings is 2. The van der Waals surface area contributed by atoms with E-state index in [4.69, 9.17) is 25.8 Å². The van der Waals surface area contributed by atoms with Crippen molar-refractivity contribution in [2.45, 2.75) is 12.5 Å². The maximum atomic E-state index is 13.1. The van der Waals surface area contributed by atoms with Crippen molar-refractivity contribution >= 4 is 23.2 Å². The molecule has 2 N–H and O–H groups in total. The number of quaternary nitrogens is 1. The Bertz CT molecular complexity index is 854. The number of likely N-dealkylation sites (N-methyl/N-ethyl adjacent to an activating group) is 1. The van der Waals surface area contributed by atoms with Crippen LogP contribution in [-0.2, 0) is 11.2 Å². The molecule has 2 atom stereocenters. The summed E-state index contributed by atoms with van der Waals surface area (Å²) in [5.74, 6) is 1.75. The smallest absolute Gasteiger partial charge is 0.287 e. The van der Waals surface area contributed by atoms with Crippen LogP contribution in [0.25, 0.3) is 0 Å². The van der Waals surface area contributed by atoms with Gasteiger partial charge in [0, 0.05) is 17.1 Å². The lowest BCUT2D eigenvalue weighted by atomic mass is 9.90.